The van der Waals surface area contributed by atoms with E-state index in [2.05, 4.69) is 16.0 Å². The van der Waals surface area contributed by atoms with Crippen LogP contribution in [0.5, 0.6) is 0 Å². The number of pyridine rings is 1. The van der Waals surface area contributed by atoms with Crippen molar-refractivity contribution in [3.8, 4) is 0 Å². The predicted octanol–water partition coefficient (Wildman–Crippen LogP) is 2.56. The van der Waals surface area contributed by atoms with Crippen molar-refractivity contribution in [2.75, 3.05) is 19.6 Å². The first-order valence-electron chi connectivity index (χ1n) is 7.16. The van der Waals surface area contributed by atoms with Gasteiger partial charge in [0.1, 0.15) is 0 Å². The molecule has 1 fully saturated rings. The number of hydrogen-bond acceptors (Lipinski definition) is 2. The van der Waals surface area contributed by atoms with E-state index in [1.54, 1.807) is 0 Å². The fraction of sp³-hybridized carbons (Fsp3) is 0.438. The summed E-state index contributed by atoms with van der Waals surface area (Å²) in [5, 5.41) is 1.82. The van der Waals surface area contributed by atoms with Gasteiger partial charge in [-0.3, -0.25) is 4.79 Å². The molecule has 3 rings (SSSR count). The summed E-state index contributed by atoms with van der Waals surface area (Å²) < 4.78 is 0. The topological polar surface area (TPSA) is 36.1 Å². The predicted molar refractivity (Wildman–Crippen MR) is 78.6 cm³/mol. The fourth-order valence-corrected chi connectivity index (χ4v) is 2.86. The van der Waals surface area contributed by atoms with E-state index in [4.69, 9.17) is 0 Å². The molecule has 0 amide bonds. The summed E-state index contributed by atoms with van der Waals surface area (Å²) in [7, 11) is 0. The fourth-order valence-electron chi connectivity index (χ4n) is 2.86. The van der Waals surface area contributed by atoms with Crippen molar-refractivity contribution < 1.29 is 0 Å². The van der Waals surface area contributed by atoms with E-state index in [0.717, 1.165) is 29.4 Å². The van der Waals surface area contributed by atoms with Crippen molar-refractivity contribution in [3.63, 3.8) is 0 Å². The second kappa shape index (κ2) is 5.57. The Labute approximate surface area is 113 Å². The molecule has 1 aromatic heterocycles. The molecule has 1 aliphatic heterocycles. The van der Waals surface area contributed by atoms with Crippen LogP contribution in [-0.2, 0) is 6.42 Å². The van der Waals surface area contributed by atoms with Crippen LogP contribution in [0.25, 0.3) is 10.8 Å². The number of aromatic amines is 1. The Bertz CT molecular complexity index is 611. The maximum absolute atomic E-state index is 12.0. The zero-order chi connectivity index (χ0) is 13.1. The summed E-state index contributed by atoms with van der Waals surface area (Å²) in [4.78, 5) is 17.5. The molecule has 1 aromatic carbocycles. The van der Waals surface area contributed by atoms with Gasteiger partial charge in [0.15, 0.2) is 0 Å². The maximum Gasteiger partial charge on any atom is 0.256 e. The highest BCUT2D eigenvalue weighted by Gasteiger charge is 2.10. The molecule has 1 saturated heterocycles. The van der Waals surface area contributed by atoms with Gasteiger partial charge in [0.25, 0.3) is 5.56 Å². The Hall–Kier alpha value is -1.61. The third kappa shape index (κ3) is 2.87. The van der Waals surface area contributed by atoms with Crippen molar-refractivity contribution in [2.45, 2.75) is 25.7 Å². The van der Waals surface area contributed by atoms with Crippen LogP contribution in [0.1, 0.15) is 25.0 Å². The Morgan fingerprint density at radius 1 is 1.11 bits per heavy atom. The smallest absolute Gasteiger partial charge is 0.256 e. The number of rotatable bonds is 3. The summed E-state index contributed by atoms with van der Waals surface area (Å²) in [5.74, 6) is 0. The molecule has 1 N–H and O–H groups in total. The minimum absolute atomic E-state index is 0.0340. The number of likely N-dealkylation sites (tertiary alicyclic amines) is 1. The number of benzene rings is 1. The van der Waals surface area contributed by atoms with Crippen molar-refractivity contribution in [3.05, 3.63) is 46.4 Å². The largest absolute Gasteiger partial charge is 0.326 e. The van der Waals surface area contributed by atoms with Gasteiger partial charge in [0, 0.05) is 24.0 Å². The summed E-state index contributed by atoms with van der Waals surface area (Å²) in [6.45, 7) is 3.46. The van der Waals surface area contributed by atoms with Gasteiger partial charge in [-0.05, 0) is 43.5 Å². The van der Waals surface area contributed by atoms with Crippen molar-refractivity contribution in [1.82, 2.24) is 9.88 Å². The molecule has 0 unspecified atom stereocenters. The van der Waals surface area contributed by atoms with Gasteiger partial charge in [-0.25, -0.2) is 0 Å². The zero-order valence-corrected chi connectivity index (χ0v) is 11.2. The third-order valence-electron chi connectivity index (χ3n) is 3.96. The number of aromatic nitrogens is 1. The summed E-state index contributed by atoms with van der Waals surface area (Å²) in [5.41, 5.74) is 1.08. The van der Waals surface area contributed by atoms with E-state index < -0.39 is 0 Å². The lowest BCUT2D eigenvalue weighted by Crippen LogP contribution is -2.31. The molecule has 1 aliphatic rings. The van der Waals surface area contributed by atoms with Crippen LogP contribution in [0.15, 0.2) is 35.1 Å². The maximum atomic E-state index is 12.0. The molecule has 0 spiro atoms. The zero-order valence-electron chi connectivity index (χ0n) is 11.2. The number of H-pyrrole nitrogens is 1. The Morgan fingerprint density at radius 2 is 1.89 bits per heavy atom. The quantitative estimate of drug-likeness (QED) is 0.916. The number of nitrogens with zero attached hydrogens (tertiary/aromatic N) is 1. The average Bonchev–Trinajstić information content (AvgIpc) is 2.46. The Kier molecular flexibility index (Phi) is 3.65. The second-order valence-electron chi connectivity index (χ2n) is 5.36. The number of fused-ring (bicyclic) bond motifs is 1. The lowest BCUT2D eigenvalue weighted by atomic mass is 10.1. The number of piperidine rings is 1. The van der Waals surface area contributed by atoms with Crippen LogP contribution in [0, 0.1) is 0 Å². The molecule has 0 radical (unpaired) electrons. The van der Waals surface area contributed by atoms with Gasteiger partial charge in [0.2, 0.25) is 0 Å². The molecule has 0 aliphatic carbocycles. The molecule has 0 bridgehead atoms. The molecule has 3 heteroatoms. The van der Waals surface area contributed by atoms with Crippen LogP contribution in [0.2, 0.25) is 0 Å². The SMILES string of the molecule is O=c1[nH]c(CCN2CCCCC2)cc2ccccc12. The van der Waals surface area contributed by atoms with E-state index in [1.807, 2.05) is 24.3 Å². The lowest BCUT2D eigenvalue weighted by Gasteiger charge is -2.26. The number of nitrogens with one attached hydrogen (secondary N) is 1. The molecule has 2 aromatic rings. The van der Waals surface area contributed by atoms with E-state index in [-0.39, 0.29) is 5.56 Å². The van der Waals surface area contributed by atoms with Gasteiger partial charge >= 0.3 is 0 Å². The van der Waals surface area contributed by atoms with E-state index in [9.17, 15) is 4.79 Å². The van der Waals surface area contributed by atoms with Gasteiger partial charge in [-0.15, -0.1) is 0 Å². The summed E-state index contributed by atoms with van der Waals surface area (Å²) >= 11 is 0. The lowest BCUT2D eigenvalue weighted by molar-refractivity contribution is 0.231. The highest BCUT2D eigenvalue weighted by Crippen LogP contribution is 2.12. The molecule has 0 atom stereocenters. The number of hydrogen-bond donors (Lipinski definition) is 1. The Morgan fingerprint density at radius 3 is 2.74 bits per heavy atom. The minimum Gasteiger partial charge on any atom is -0.326 e. The van der Waals surface area contributed by atoms with Crippen LogP contribution in [-0.4, -0.2) is 29.5 Å². The Balaban J connectivity index is 1.75. The van der Waals surface area contributed by atoms with E-state index in [0.29, 0.717) is 0 Å². The standard InChI is InChI=1S/C16H20N2O/c19-16-15-7-3-2-6-13(15)12-14(17-16)8-11-18-9-4-1-5-10-18/h2-3,6-7,12H,1,4-5,8-11H2,(H,17,19). The van der Waals surface area contributed by atoms with Gasteiger partial charge < -0.3 is 9.88 Å². The van der Waals surface area contributed by atoms with Gasteiger partial charge in [-0.1, -0.05) is 24.6 Å². The van der Waals surface area contributed by atoms with E-state index >= 15 is 0 Å². The molecule has 3 nitrogen and oxygen atoms in total. The van der Waals surface area contributed by atoms with Gasteiger partial charge in [-0.2, -0.15) is 0 Å². The monoisotopic (exact) mass is 256 g/mol. The normalized spacial score (nSPS) is 16.8. The minimum atomic E-state index is 0.0340. The van der Waals surface area contributed by atoms with Crippen LogP contribution in [0.4, 0.5) is 0 Å². The van der Waals surface area contributed by atoms with Crippen LogP contribution in [0.3, 0.4) is 0 Å². The highest BCUT2D eigenvalue weighted by atomic mass is 16.1. The first kappa shape index (κ1) is 12.4. The van der Waals surface area contributed by atoms with Crippen molar-refractivity contribution in [1.29, 1.82) is 0 Å². The first-order valence-corrected chi connectivity index (χ1v) is 7.16. The molecule has 19 heavy (non-hydrogen) atoms. The summed E-state index contributed by atoms with van der Waals surface area (Å²) in [6.07, 6.45) is 4.92. The third-order valence-corrected chi connectivity index (χ3v) is 3.96. The molecule has 2 heterocycles. The average molecular weight is 256 g/mol. The van der Waals surface area contributed by atoms with Gasteiger partial charge in [0.05, 0.1) is 0 Å². The second-order valence-corrected chi connectivity index (χ2v) is 5.36. The summed E-state index contributed by atoms with van der Waals surface area (Å²) in [6, 6.07) is 9.89. The highest BCUT2D eigenvalue weighted by molar-refractivity contribution is 5.81. The molecular weight excluding hydrogens is 236 g/mol. The van der Waals surface area contributed by atoms with Crippen LogP contribution < -0.4 is 5.56 Å². The van der Waals surface area contributed by atoms with Crippen molar-refractivity contribution >= 4 is 10.8 Å². The molecule has 100 valence electrons. The van der Waals surface area contributed by atoms with Crippen molar-refractivity contribution in [2.24, 2.45) is 0 Å². The van der Waals surface area contributed by atoms with E-state index in [1.165, 1.54) is 32.4 Å². The van der Waals surface area contributed by atoms with Crippen LogP contribution >= 0.6 is 0 Å². The molecular formula is C16H20N2O. The molecule has 0 saturated carbocycles. The first-order chi connectivity index (χ1) is 9.33.